The van der Waals surface area contributed by atoms with Crippen LogP contribution in [0.3, 0.4) is 0 Å². The van der Waals surface area contributed by atoms with Gasteiger partial charge in [-0.2, -0.15) is 0 Å². The number of benzene rings is 1. The second-order valence-electron chi connectivity index (χ2n) is 9.71. The molecule has 1 aromatic carbocycles. The van der Waals surface area contributed by atoms with Crippen LogP contribution >= 0.6 is 0 Å². The van der Waals surface area contributed by atoms with Crippen molar-refractivity contribution in [2.24, 2.45) is 5.92 Å². The lowest BCUT2D eigenvalue weighted by Gasteiger charge is -2.31. The fourth-order valence-electron chi connectivity index (χ4n) is 4.27. The number of hydrogen-bond donors (Lipinski definition) is 2. The monoisotopic (exact) mass is 414 g/mol. The largest absolute Gasteiger partial charge is 0.356 e. The van der Waals surface area contributed by atoms with Gasteiger partial charge in [0.1, 0.15) is 0 Å². The van der Waals surface area contributed by atoms with Crippen molar-refractivity contribution in [3.63, 3.8) is 0 Å². The normalized spacial score (nSPS) is 18.4. The van der Waals surface area contributed by atoms with Crippen LogP contribution in [0.2, 0.25) is 0 Å². The second kappa shape index (κ2) is 10.3. The number of amides is 3. The molecular weight excluding hydrogens is 376 g/mol. The highest BCUT2D eigenvalue weighted by Gasteiger charge is 2.27. The number of urea groups is 1. The van der Waals surface area contributed by atoms with Crippen LogP contribution in [-0.4, -0.2) is 61.0 Å². The number of likely N-dealkylation sites (tertiary alicyclic amines) is 2. The third-order valence-corrected chi connectivity index (χ3v) is 6.30. The van der Waals surface area contributed by atoms with Gasteiger partial charge in [0.15, 0.2) is 0 Å². The Bertz CT molecular complexity index is 697. The molecule has 166 valence electrons. The molecule has 30 heavy (non-hydrogen) atoms. The average molecular weight is 415 g/mol. The molecule has 2 aliphatic heterocycles. The molecule has 0 aliphatic carbocycles. The van der Waals surface area contributed by atoms with E-state index in [1.165, 1.54) is 31.5 Å². The van der Waals surface area contributed by atoms with Crippen LogP contribution in [0.25, 0.3) is 0 Å². The summed E-state index contributed by atoms with van der Waals surface area (Å²) in [5, 5.41) is 6.08. The summed E-state index contributed by atoms with van der Waals surface area (Å²) in [6.07, 6.45) is 5.09. The molecule has 3 rings (SSSR count). The Morgan fingerprint density at radius 3 is 2.23 bits per heavy atom. The standard InChI is InChI=1S/C24H38N4O2/c1-24(2,3)20-7-9-21(10-8-20)26-23(30)28-17-11-19(12-18-28)22(29)25-13-6-16-27-14-4-5-15-27/h7-10,19H,4-6,11-18H2,1-3H3,(H,25,29)(H,26,30). The van der Waals surface area contributed by atoms with Gasteiger partial charge >= 0.3 is 6.03 Å². The Labute approximate surface area is 181 Å². The van der Waals surface area contributed by atoms with E-state index in [4.69, 9.17) is 0 Å². The summed E-state index contributed by atoms with van der Waals surface area (Å²) in [4.78, 5) is 29.3. The third kappa shape index (κ3) is 6.46. The predicted octanol–water partition coefficient (Wildman–Crippen LogP) is 3.83. The molecular formula is C24H38N4O2. The van der Waals surface area contributed by atoms with Crippen LogP contribution in [0.4, 0.5) is 10.5 Å². The van der Waals surface area contributed by atoms with Crippen molar-refractivity contribution in [1.82, 2.24) is 15.1 Å². The zero-order chi connectivity index (χ0) is 21.6. The van der Waals surface area contributed by atoms with Crippen molar-refractivity contribution >= 4 is 17.6 Å². The van der Waals surface area contributed by atoms with E-state index in [0.717, 1.165) is 38.0 Å². The maximum atomic E-state index is 12.6. The van der Waals surface area contributed by atoms with Gasteiger partial charge in [0, 0.05) is 31.2 Å². The van der Waals surface area contributed by atoms with E-state index in [0.29, 0.717) is 13.1 Å². The molecule has 0 unspecified atom stereocenters. The van der Waals surface area contributed by atoms with E-state index < -0.39 is 0 Å². The Morgan fingerprint density at radius 1 is 1.00 bits per heavy atom. The Balaban J connectivity index is 1.35. The summed E-state index contributed by atoms with van der Waals surface area (Å²) in [6, 6.07) is 7.97. The van der Waals surface area contributed by atoms with Crippen LogP contribution in [0.1, 0.15) is 58.4 Å². The van der Waals surface area contributed by atoms with Gasteiger partial charge in [-0.15, -0.1) is 0 Å². The number of anilines is 1. The van der Waals surface area contributed by atoms with Gasteiger partial charge in [-0.1, -0.05) is 32.9 Å². The fourth-order valence-corrected chi connectivity index (χ4v) is 4.27. The summed E-state index contributed by atoms with van der Waals surface area (Å²) in [7, 11) is 0. The molecule has 2 saturated heterocycles. The number of nitrogens with zero attached hydrogens (tertiary/aromatic N) is 2. The summed E-state index contributed by atoms with van der Waals surface area (Å²) in [5.41, 5.74) is 2.15. The number of carbonyl (C=O) groups is 2. The molecule has 1 aromatic rings. The maximum absolute atomic E-state index is 12.6. The number of carbonyl (C=O) groups excluding carboxylic acids is 2. The Hall–Kier alpha value is -2.08. The van der Waals surface area contributed by atoms with E-state index in [1.807, 2.05) is 17.0 Å². The van der Waals surface area contributed by atoms with Crippen LogP contribution in [0.15, 0.2) is 24.3 Å². The molecule has 0 radical (unpaired) electrons. The minimum Gasteiger partial charge on any atom is -0.356 e. The molecule has 2 heterocycles. The number of rotatable bonds is 6. The molecule has 6 nitrogen and oxygen atoms in total. The van der Waals surface area contributed by atoms with Crippen molar-refractivity contribution in [2.75, 3.05) is 44.6 Å². The lowest BCUT2D eigenvalue weighted by atomic mass is 9.87. The summed E-state index contributed by atoms with van der Waals surface area (Å²) >= 11 is 0. The van der Waals surface area contributed by atoms with Crippen molar-refractivity contribution in [2.45, 2.75) is 58.3 Å². The third-order valence-electron chi connectivity index (χ3n) is 6.30. The quantitative estimate of drug-likeness (QED) is 0.696. The van der Waals surface area contributed by atoms with Crippen molar-refractivity contribution < 1.29 is 9.59 Å². The first-order valence-corrected chi connectivity index (χ1v) is 11.5. The molecule has 2 fully saturated rings. The molecule has 2 N–H and O–H groups in total. The zero-order valence-corrected chi connectivity index (χ0v) is 18.9. The molecule has 3 amide bonds. The second-order valence-corrected chi connectivity index (χ2v) is 9.71. The molecule has 0 saturated carbocycles. The topological polar surface area (TPSA) is 64.7 Å². The van der Waals surface area contributed by atoms with E-state index in [1.54, 1.807) is 0 Å². The average Bonchev–Trinajstić information content (AvgIpc) is 3.24. The smallest absolute Gasteiger partial charge is 0.321 e. The van der Waals surface area contributed by atoms with Crippen LogP contribution in [0.5, 0.6) is 0 Å². The van der Waals surface area contributed by atoms with Crippen LogP contribution in [-0.2, 0) is 10.2 Å². The number of piperidine rings is 1. The SMILES string of the molecule is CC(C)(C)c1ccc(NC(=O)N2CCC(C(=O)NCCCN3CCCC3)CC2)cc1. The van der Waals surface area contributed by atoms with Gasteiger partial charge in [0.25, 0.3) is 0 Å². The van der Waals surface area contributed by atoms with E-state index in [9.17, 15) is 9.59 Å². The van der Waals surface area contributed by atoms with Gasteiger partial charge in [0.2, 0.25) is 5.91 Å². The first kappa shape index (κ1) is 22.6. The van der Waals surface area contributed by atoms with Crippen molar-refractivity contribution in [3.8, 4) is 0 Å². The number of nitrogens with one attached hydrogen (secondary N) is 2. The summed E-state index contributed by atoms with van der Waals surface area (Å²) in [5.74, 6) is 0.168. The van der Waals surface area contributed by atoms with Gasteiger partial charge in [0.05, 0.1) is 0 Å². The predicted molar refractivity (Wildman–Crippen MR) is 122 cm³/mol. The molecule has 0 aromatic heterocycles. The van der Waals surface area contributed by atoms with Crippen LogP contribution < -0.4 is 10.6 Å². The van der Waals surface area contributed by atoms with Crippen LogP contribution in [0, 0.1) is 5.92 Å². The highest BCUT2D eigenvalue weighted by molar-refractivity contribution is 5.89. The minimum absolute atomic E-state index is 0.0203. The Morgan fingerprint density at radius 2 is 1.63 bits per heavy atom. The first-order chi connectivity index (χ1) is 14.3. The summed E-state index contributed by atoms with van der Waals surface area (Å²) < 4.78 is 0. The molecule has 0 spiro atoms. The van der Waals surface area contributed by atoms with Gasteiger partial charge in [-0.25, -0.2) is 4.79 Å². The van der Waals surface area contributed by atoms with E-state index in [-0.39, 0.29) is 23.3 Å². The van der Waals surface area contributed by atoms with E-state index in [2.05, 4.69) is 48.4 Å². The van der Waals surface area contributed by atoms with E-state index >= 15 is 0 Å². The molecule has 6 heteroatoms. The minimum atomic E-state index is -0.0806. The first-order valence-electron chi connectivity index (χ1n) is 11.5. The lowest BCUT2D eigenvalue weighted by molar-refractivity contribution is -0.126. The van der Waals surface area contributed by atoms with Gasteiger partial charge < -0.3 is 20.4 Å². The highest BCUT2D eigenvalue weighted by Crippen LogP contribution is 2.24. The maximum Gasteiger partial charge on any atom is 0.321 e. The lowest BCUT2D eigenvalue weighted by Crippen LogP contribution is -2.44. The molecule has 2 aliphatic rings. The van der Waals surface area contributed by atoms with Crippen molar-refractivity contribution in [1.29, 1.82) is 0 Å². The van der Waals surface area contributed by atoms with Crippen molar-refractivity contribution in [3.05, 3.63) is 29.8 Å². The summed E-state index contributed by atoms with van der Waals surface area (Å²) in [6.45, 7) is 12.0. The molecule has 0 atom stereocenters. The van der Waals surface area contributed by atoms with Gasteiger partial charge in [-0.05, 0) is 74.8 Å². The highest BCUT2D eigenvalue weighted by atomic mass is 16.2. The fraction of sp³-hybridized carbons (Fsp3) is 0.667. The molecule has 0 bridgehead atoms. The van der Waals surface area contributed by atoms with Gasteiger partial charge in [-0.3, -0.25) is 4.79 Å². The number of hydrogen-bond acceptors (Lipinski definition) is 3. The zero-order valence-electron chi connectivity index (χ0n) is 18.9. The Kier molecular flexibility index (Phi) is 7.75.